The number of furan rings is 1. The number of likely N-dealkylation sites (N-methyl/N-ethyl adjacent to an activating group) is 1. The van der Waals surface area contributed by atoms with Crippen molar-refractivity contribution >= 4 is 21.6 Å². The first-order valence-corrected chi connectivity index (χ1v) is 8.78. The minimum Gasteiger partial charge on any atom is -0.464 e. The topological polar surface area (TPSA) is 67.8 Å². The molecule has 3 aromatic heterocycles. The number of aromatic nitrogens is 2. The van der Waals surface area contributed by atoms with Crippen molar-refractivity contribution in [2.75, 3.05) is 33.2 Å². The van der Waals surface area contributed by atoms with Gasteiger partial charge in [0.25, 0.3) is 5.56 Å². The Morgan fingerprint density at radius 2 is 2.17 bits per heavy atom. The van der Waals surface area contributed by atoms with E-state index >= 15 is 0 Å². The van der Waals surface area contributed by atoms with E-state index in [-0.39, 0.29) is 5.56 Å². The number of quaternary nitrogens is 2. The lowest BCUT2D eigenvalue weighted by atomic mass is 10.2. The Morgan fingerprint density at radius 3 is 2.91 bits per heavy atom. The molecular formula is C16H20N4O2S+2. The average molecular weight is 332 g/mol. The molecule has 1 saturated heterocycles. The van der Waals surface area contributed by atoms with Gasteiger partial charge in [-0.3, -0.25) is 4.79 Å². The van der Waals surface area contributed by atoms with E-state index in [0.29, 0.717) is 11.1 Å². The summed E-state index contributed by atoms with van der Waals surface area (Å²) in [6.07, 6.45) is 1.62. The lowest BCUT2D eigenvalue weighted by Gasteiger charge is -2.26. The number of thiophene rings is 1. The maximum Gasteiger partial charge on any atom is 0.260 e. The molecule has 4 heterocycles. The second kappa shape index (κ2) is 5.92. The number of rotatable bonds is 3. The molecule has 1 aliphatic rings. The van der Waals surface area contributed by atoms with Gasteiger partial charge in [-0.2, -0.15) is 0 Å². The summed E-state index contributed by atoms with van der Waals surface area (Å²) in [5, 5.41) is 2.58. The van der Waals surface area contributed by atoms with E-state index in [1.165, 1.54) is 29.3 Å². The van der Waals surface area contributed by atoms with Crippen LogP contribution in [0.15, 0.2) is 33.0 Å². The van der Waals surface area contributed by atoms with Gasteiger partial charge >= 0.3 is 0 Å². The van der Waals surface area contributed by atoms with Crippen molar-refractivity contribution in [3.63, 3.8) is 0 Å². The summed E-state index contributed by atoms with van der Waals surface area (Å²) in [6, 6.07) is 3.69. The molecule has 1 aliphatic heterocycles. The fourth-order valence-electron chi connectivity index (χ4n) is 3.13. The molecule has 3 N–H and O–H groups in total. The van der Waals surface area contributed by atoms with Crippen LogP contribution in [0.1, 0.15) is 5.82 Å². The number of aromatic amines is 1. The van der Waals surface area contributed by atoms with E-state index in [1.54, 1.807) is 11.2 Å². The standard InChI is InChI=1S/C16H18N4O2S/c1-19-4-6-20(7-5-19)9-13-17-15(21)14-11(10-23-16(14)18-13)12-3-2-8-22-12/h2-3,8,10H,4-7,9H2,1H3,(H,17,18,21)/p+2. The van der Waals surface area contributed by atoms with E-state index in [2.05, 4.69) is 17.0 Å². The first-order chi connectivity index (χ1) is 11.2. The molecule has 4 rings (SSSR count). The van der Waals surface area contributed by atoms with E-state index in [1.807, 2.05) is 17.5 Å². The summed E-state index contributed by atoms with van der Waals surface area (Å²) >= 11 is 1.50. The second-order valence-corrected chi connectivity index (χ2v) is 7.06. The van der Waals surface area contributed by atoms with Crippen molar-refractivity contribution in [3.8, 4) is 11.3 Å². The average Bonchev–Trinajstić information content (AvgIpc) is 3.18. The molecule has 0 atom stereocenters. The van der Waals surface area contributed by atoms with E-state index in [9.17, 15) is 4.79 Å². The third-order valence-corrected chi connectivity index (χ3v) is 5.38. The van der Waals surface area contributed by atoms with Crippen molar-refractivity contribution in [3.05, 3.63) is 40.0 Å². The monoisotopic (exact) mass is 332 g/mol. The summed E-state index contributed by atoms with van der Waals surface area (Å²) in [6.45, 7) is 5.37. The molecule has 0 saturated carbocycles. The van der Waals surface area contributed by atoms with Gasteiger partial charge in [-0.05, 0) is 12.1 Å². The largest absolute Gasteiger partial charge is 0.464 e. The Balaban J connectivity index is 1.65. The van der Waals surface area contributed by atoms with E-state index in [4.69, 9.17) is 4.42 Å². The van der Waals surface area contributed by atoms with Crippen molar-refractivity contribution in [2.45, 2.75) is 6.54 Å². The van der Waals surface area contributed by atoms with E-state index < -0.39 is 0 Å². The highest BCUT2D eigenvalue weighted by Crippen LogP contribution is 2.30. The number of H-pyrrole nitrogens is 1. The fraction of sp³-hybridized carbons (Fsp3) is 0.375. The Morgan fingerprint density at radius 1 is 1.35 bits per heavy atom. The molecule has 0 aromatic carbocycles. The highest BCUT2D eigenvalue weighted by atomic mass is 32.1. The first kappa shape index (κ1) is 14.6. The van der Waals surface area contributed by atoms with Gasteiger partial charge in [0.15, 0.2) is 5.82 Å². The third-order valence-electron chi connectivity index (χ3n) is 4.51. The van der Waals surface area contributed by atoms with Gasteiger partial charge in [0, 0.05) is 10.9 Å². The van der Waals surface area contributed by atoms with Gasteiger partial charge < -0.3 is 19.2 Å². The molecule has 6 nitrogen and oxygen atoms in total. The molecule has 0 radical (unpaired) electrons. The summed E-state index contributed by atoms with van der Waals surface area (Å²) in [5.41, 5.74) is 0.752. The predicted molar refractivity (Wildman–Crippen MR) is 89.0 cm³/mol. The van der Waals surface area contributed by atoms with Gasteiger partial charge in [-0.25, -0.2) is 4.98 Å². The molecule has 23 heavy (non-hydrogen) atoms. The number of nitrogens with one attached hydrogen (secondary N) is 3. The van der Waals surface area contributed by atoms with Crippen LogP contribution in [0.3, 0.4) is 0 Å². The minimum absolute atomic E-state index is 0.0724. The van der Waals surface area contributed by atoms with Gasteiger partial charge in [0.1, 0.15) is 43.3 Å². The SMILES string of the molecule is C[NH+]1CC[NH+](Cc2nc3scc(-c4ccco4)c3c(=O)[nH]2)CC1. The maximum atomic E-state index is 12.5. The molecule has 7 heteroatoms. The highest BCUT2D eigenvalue weighted by Gasteiger charge is 2.22. The number of hydrogen-bond acceptors (Lipinski definition) is 4. The van der Waals surface area contributed by atoms with Crippen molar-refractivity contribution in [1.82, 2.24) is 9.97 Å². The van der Waals surface area contributed by atoms with Gasteiger partial charge in [0.2, 0.25) is 0 Å². The normalized spacial score (nSPS) is 21.8. The lowest BCUT2D eigenvalue weighted by Crippen LogP contribution is -3.26. The first-order valence-electron chi connectivity index (χ1n) is 7.90. The third kappa shape index (κ3) is 2.83. The number of nitrogens with zero attached hydrogens (tertiary/aromatic N) is 1. The molecule has 0 spiro atoms. The highest BCUT2D eigenvalue weighted by molar-refractivity contribution is 7.17. The summed E-state index contributed by atoms with van der Waals surface area (Å²) in [7, 11) is 2.23. The molecular weight excluding hydrogens is 312 g/mol. The van der Waals surface area contributed by atoms with Crippen LogP contribution in [0.4, 0.5) is 0 Å². The smallest absolute Gasteiger partial charge is 0.260 e. The number of hydrogen-bond donors (Lipinski definition) is 3. The van der Waals surface area contributed by atoms with Crippen LogP contribution in [-0.4, -0.2) is 43.2 Å². The van der Waals surface area contributed by atoms with Gasteiger partial charge in [-0.1, -0.05) is 0 Å². The molecule has 0 unspecified atom stereocenters. The molecule has 3 aromatic rings. The van der Waals surface area contributed by atoms with Crippen LogP contribution in [0, 0.1) is 0 Å². The minimum atomic E-state index is -0.0724. The molecule has 0 bridgehead atoms. The molecule has 1 fully saturated rings. The second-order valence-electron chi connectivity index (χ2n) is 6.20. The Kier molecular flexibility index (Phi) is 3.76. The molecule has 0 aliphatic carbocycles. The van der Waals surface area contributed by atoms with E-state index in [0.717, 1.165) is 35.9 Å². The summed E-state index contributed by atoms with van der Waals surface area (Å²) < 4.78 is 5.42. The maximum absolute atomic E-state index is 12.5. The van der Waals surface area contributed by atoms with Gasteiger partial charge in [-0.15, -0.1) is 11.3 Å². The number of piperazine rings is 1. The zero-order chi connectivity index (χ0) is 15.8. The van der Waals surface area contributed by atoms with Crippen LogP contribution >= 0.6 is 11.3 Å². The fourth-order valence-corrected chi connectivity index (χ4v) is 4.08. The van der Waals surface area contributed by atoms with Crippen LogP contribution in [0.2, 0.25) is 0 Å². The molecule has 120 valence electrons. The number of fused-ring (bicyclic) bond motifs is 1. The summed E-state index contributed by atoms with van der Waals surface area (Å²) in [4.78, 5) is 24.0. The van der Waals surface area contributed by atoms with Crippen LogP contribution < -0.4 is 15.4 Å². The predicted octanol–water partition coefficient (Wildman–Crippen LogP) is -0.842. The van der Waals surface area contributed by atoms with Crippen molar-refractivity contribution < 1.29 is 14.2 Å². The summed E-state index contributed by atoms with van der Waals surface area (Å²) in [5.74, 6) is 1.49. The van der Waals surface area contributed by atoms with Crippen molar-refractivity contribution in [1.29, 1.82) is 0 Å². The van der Waals surface area contributed by atoms with Crippen molar-refractivity contribution in [2.24, 2.45) is 0 Å². The van der Waals surface area contributed by atoms with Gasteiger partial charge in [0.05, 0.1) is 18.7 Å². The molecule has 0 amide bonds. The zero-order valence-corrected chi connectivity index (χ0v) is 13.8. The Labute approximate surface area is 137 Å². The Bertz CT molecular complexity index is 860. The lowest BCUT2D eigenvalue weighted by molar-refractivity contribution is -1.01. The van der Waals surface area contributed by atoms with Crippen LogP contribution in [0.25, 0.3) is 21.5 Å². The zero-order valence-electron chi connectivity index (χ0n) is 13.0. The quantitative estimate of drug-likeness (QED) is 0.586. The Hall–Kier alpha value is -1.96. The van der Waals surface area contributed by atoms with Crippen LogP contribution in [0.5, 0.6) is 0 Å². The van der Waals surface area contributed by atoms with Crippen LogP contribution in [-0.2, 0) is 6.54 Å².